The van der Waals surface area contributed by atoms with Gasteiger partial charge in [-0.25, -0.2) is 0 Å². The van der Waals surface area contributed by atoms with Crippen LogP contribution < -0.4 is 0 Å². The second-order valence-electron chi connectivity index (χ2n) is 7.18. The number of carbonyl (C=O) groups excluding carboxylic acids is 3. The van der Waals surface area contributed by atoms with E-state index >= 15 is 0 Å². The number of esters is 1. The monoisotopic (exact) mass is 331 g/mol. The molecule has 1 heterocycles. The average Bonchev–Trinajstić information content (AvgIpc) is 2.75. The van der Waals surface area contributed by atoms with E-state index in [9.17, 15) is 14.4 Å². The summed E-state index contributed by atoms with van der Waals surface area (Å²) >= 11 is 0. The Labute approximate surface area is 143 Å². The highest BCUT2D eigenvalue weighted by Crippen LogP contribution is 2.26. The van der Waals surface area contributed by atoms with Gasteiger partial charge in [0.25, 0.3) is 0 Å². The molecule has 5 heteroatoms. The van der Waals surface area contributed by atoms with E-state index in [1.54, 1.807) is 6.92 Å². The van der Waals surface area contributed by atoms with Crippen LogP contribution in [0.4, 0.5) is 0 Å². The number of amides is 2. The number of likely N-dealkylation sites (tertiary alicyclic amines) is 1. The number of nitrogens with zero attached hydrogens (tertiary/aromatic N) is 1. The Kier molecular flexibility index (Phi) is 5.42. The summed E-state index contributed by atoms with van der Waals surface area (Å²) in [6.07, 6.45) is 0.660. The molecule has 5 nitrogen and oxygen atoms in total. The second kappa shape index (κ2) is 7.16. The minimum Gasteiger partial charge on any atom is -0.465 e. The number of hydrogen-bond donors (Lipinski definition) is 0. The Morgan fingerprint density at radius 3 is 2.38 bits per heavy atom. The minimum absolute atomic E-state index is 0.0775. The van der Waals surface area contributed by atoms with Crippen LogP contribution in [-0.2, 0) is 31.0 Å². The molecule has 1 aliphatic rings. The zero-order chi connectivity index (χ0) is 17.9. The molecule has 1 unspecified atom stereocenters. The van der Waals surface area contributed by atoms with E-state index in [1.165, 1.54) is 5.56 Å². The number of carbonyl (C=O) groups is 3. The van der Waals surface area contributed by atoms with Gasteiger partial charge in [0, 0.05) is 6.42 Å². The van der Waals surface area contributed by atoms with Crippen molar-refractivity contribution < 1.29 is 19.1 Å². The maximum atomic E-state index is 12.4. The van der Waals surface area contributed by atoms with Crippen LogP contribution in [0.1, 0.15) is 45.2 Å². The quantitative estimate of drug-likeness (QED) is 0.614. The molecule has 1 aliphatic heterocycles. The van der Waals surface area contributed by atoms with Crippen molar-refractivity contribution in [1.29, 1.82) is 0 Å². The van der Waals surface area contributed by atoms with E-state index in [4.69, 9.17) is 4.74 Å². The molecule has 0 radical (unpaired) electrons. The van der Waals surface area contributed by atoms with Crippen LogP contribution in [0.25, 0.3) is 0 Å². The number of imide groups is 1. The molecule has 24 heavy (non-hydrogen) atoms. The van der Waals surface area contributed by atoms with Gasteiger partial charge in [-0.1, -0.05) is 45.0 Å². The molecule has 0 N–H and O–H groups in total. The van der Waals surface area contributed by atoms with Crippen molar-refractivity contribution >= 4 is 17.8 Å². The highest BCUT2D eigenvalue weighted by molar-refractivity contribution is 6.05. The van der Waals surface area contributed by atoms with Crippen molar-refractivity contribution in [2.45, 2.75) is 46.0 Å². The van der Waals surface area contributed by atoms with Crippen molar-refractivity contribution in [1.82, 2.24) is 4.90 Å². The largest absolute Gasteiger partial charge is 0.465 e. The fourth-order valence-electron chi connectivity index (χ4n) is 2.84. The zero-order valence-electron chi connectivity index (χ0n) is 14.8. The van der Waals surface area contributed by atoms with Crippen molar-refractivity contribution in [3.8, 4) is 0 Å². The summed E-state index contributed by atoms with van der Waals surface area (Å²) in [5, 5.41) is 0. The predicted octanol–water partition coefficient (Wildman–Crippen LogP) is 2.46. The van der Waals surface area contributed by atoms with E-state index in [0.717, 1.165) is 10.5 Å². The lowest BCUT2D eigenvalue weighted by Gasteiger charge is -2.19. The van der Waals surface area contributed by atoms with Crippen molar-refractivity contribution in [3.05, 3.63) is 35.4 Å². The number of benzene rings is 1. The van der Waals surface area contributed by atoms with Crippen LogP contribution in [0.5, 0.6) is 0 Å². The fraction of sp³-hybridized carbons (Fsp3) is 0.526. The minimum atomic E-state index is -0.547. The van der Waals surface area contributed by atoms with Crippen LogP contribution in [0, 0.1) is 5.92 Å². The first-order valence-corrected chi connectivity index (χ1v) is 8.31. The normalized spacial score (nSPS) is 18.2. The summed E-state index contributed by atoms with van der Waals surface area (Å²) in [6, 6.07) is 8.14. The lowest BCUT2D eigenvalue weighted by molar-refractivity contribution is -0.152. The maximum absolute atomic E-state index is 12.4. The molecular weight excluding hydrogens is 306 g/mol. The smallest absolute Gasteiger partial charge is 0.326 e. The summed E-state index contributed by atoms with van der Waals surface area (Å²) in [6.45, 7) is 8.08. The van der Waals surface area contributed by atoms with E-state index < -0.39 is 11.9 Å². The summed E-state index contributed by atoms with van der Waals surface area (Å²) in [5.41, 5.74) is 2.32. The fourth-order valence-corrected chi connectivity index (χ4v) is 2.84. The van der Waals surface area contributed by atoms with E-state index in [1.807, 2.05) is 12.1 Å². The summed E-state index contributed by atoms with van der Waals surface area (Å²) in [5.74, 6) is -1.53. The Morgan fingerprint density at radius 1 is 1.21 bits per heavy atom. The molecule has 0 aromatic heterocycles. The molecule has 0 spiro atoms. The first-order chi connectivity index (χ1) is 11.2. The topological polar surface area (TPSA) is 63.7 Å². The van der Waals surface area contributed by atoms with Crippen LogP contribution in [-0.4, -0.2) is 35.8 Å². The molecule has 2 amide bonds. The number of hydrogen-bond acceptors (Lipinski definition) is 4. The van der Waals surface area contributed by atoms with Gasteiger partial charge in [0.1, 0.15) is 6.54 Å². The third kappa shape index (κ3) is 4.22. The maximum Gasteiger partial charge on any atom is 0.326 e. The van der Waals surface area contributed by atoms with Gasteiger partial charge >= 0.3 is 5.97 Å². The molecular formula is C19H25NO4. The van der Waals surface area contributed by atoms with E-state index in [-0.39, 0.29) is 36.8 Å². The van der Waals surface area contributed by atoms with Gasteiger partial charge in [-0.05, 0) is 29.9 Å². The lowest BCUT2D eigenvalue weighted by atomic mass is 9.86. The third-order valence-electron chi connectivity index (χ3n) is 4.23. The van der Waals surface area contributed by atoms with Gasteiger partial charge in [-0.3, -0.25) is 19.3 Å². The van der Waals surface area contributed by atoms with Crippen LogP contribution in [0.15, 0.2) is 24.3 Å². The molecule has 0 saturated carbocycles. The Hall–Kier alpha value is -2.17. The second-order valence-corrected chi connectivity index (χ2v) is 7.18. The highest BCUT2D eigenvalue weighted by atomic mass is 16.5. The average molecular weight is 331 g/mol. The summed E-state index contributed by atoms with van der Waals surface area (Å²) in [4.78, 5) is 36.9. The first-order valence-electron chi connectivity index (χ1n) is 8.31. The summed E-state index contributed by atoms with van der Waals surface area (Å²) < 4.78 is 4.81. The third-order valence-corrected chi connectivity index (χ3v) is 4.23. The molecule has 1 fully saturated rings. The van der Waals surface area contributed by atoms with Gasteiger partial charge in [-0.15, -0.1) is 0 Å². The molecule has 1 atom stereocenters. The highest BCUT2D eigenvalue weighted by Gasteiger charge is 2.39. The van der Waals surface area contributed by atoms with Gasteiger partial charge < -0.3 is 4.74 Å². The van der Waals surface area contributed by atoms with Crippen molar-refractivity contribution in [2.24, 2.45) is 5.92 Å². The van der Waals surface area contributed by atoms with Crippen LogP contribution in [0.2, 0.25) is 0 Å². The molecule has 1 saturated heterocycles. The van der Waals surface area contributed by atoms with Crippen molar-refractivity contribution in [2.75, 3.05) is 13.2 Å². The Bertz CT molecular complexity index is 628. The Balaban J connectivity index is 2.02. The van der Waals surface area contributed by atoms with E-state index in [0.29, 0.717) is 6.42 Å². The van der Waals surface area contributed by atoms with Gasteiger partial charge in [0.15, 0.2) is 0 Å². The van der Waals surface area contributed by atoms with Crippen LogP contribution >= 0.6 is 0 Å². The molecule has 1 aromatic carbocycles. The SMILES string of the molecule is CCOC(=O)CN1C(=O)CC(Cc2ccc(C(C)(C)C)cc2)C1=O. The predicted molar refractivity (Wildman–Crippen MR) is 90.3 cm³/mol. The Morgan fingerprint density at radius 2 is 1.83 bits per heavy atom. The molecule has 0 bridgehead atoms. The zero-order valence-corrected chi connectivity index (χ0v) is 14.8. The number of rotatable bonds is 5. The molecule has 2 rings (SSSR count). The van der Waals surface area contributed by atoms with Gasteiger partial charge in [0.05, 0.1) is 12.5 Å². The molecule has 130 valence electrons. The molecule has 0 aliphatic carbocycles. The van der Waals surface area contributed by atoms with Crippen molar-refractivity contribution in [3.63, 3.8) is 0 Å². The van der Waals surface area contributed by atoms with Gasteiger partial charge in [-0.2, -0.15) is 0 Å². The molecule has 1 aromatic rings. The van der Waals surface area contributed by atoms with Gasteiger partial charge in [0.2, 0.25) is 11.8 Å². The van der Waals surface area contributed by atoms with E-state index in [2.05, 4.69) is 32.9 Å². The summed E-state index contributed by atoms with van der Waals surface area (Å²) in [7, 11) is 0. The number of ether oxygens (including phenoxy) is 1. The van der Waals surface area contributed by atoms with Crippen LogP contribution in [0.3, 0.4) is 0 Å². The first kappa shape index (κ1) is 18.2. The lowest BCUT2D eigenvalue weighted by Crippen LogP contribution is -2.36. The standard InChI is InChI=1S/C19H25NO4/c1-5-24-17(22)12-20-16(21)11-14(18(20)23)10-13-6-8-15(9-7-13)19(2,3)4/h6-9,14H,5,10-12H2,1-4H3.